The molecule has 1 aliphatic heterocycles. The summed E-state index contributed by atoms with van der Waals surface area (Å²) in [7, 11) is 0. The summed E-state index contributed by atoms with van der Waals surface area (Å²) in [6.45, 7) is 0.884. The van der Waals surface area contributed by atoms with Crippen LogP contribution in [0, 0.1) is 0 Å². The van der Waals surface area contributed by atoms with Crippen LogP contribution in [0.2, 0.25) is 0 Å². The Morgan fingerprint density at radius 3 is 1.96 bits per heavy atom. The molecule has 0 saturated heterocycles. The molecule has 0 N–H and O–H groups in total. The lowest BCUT2D eigenvalue weighted by atomic mass is 10.00. The third-order valence-electron chi connectivity index (χ3n) is 4.94. The van der Waals surface area contributed by atoms with Crippen LogP contribution >= 0.6 is 0 Å². The van der Waals surface area contributed by atoms with E-state index in [9.17, 15) is 0 Å². The number of hydrogen-bond donors (Lipinski definition) is 0. The fourth-order valence-electron chi connectivity index (χ4n) is 3.72. The number of fused-ring (bicyclic) bond motifs is 2. The second kappa shape index (κ2) is 5.75. The molecule has 4 aromatic rings. The maximum atomic E-state index is 5.06. The number of benzene rings is 3. The van der Waals surface area contributed by atoms with Crippen molar-refractivity contribution in [1.29, 1.82) is 0 Å². The molecule has 25 heavy (non-hydrogen) atoms. The van der Waals surface area contributed by atoms with Crippen LogP contribution in [0.5, 0.6) is 0 Å². The lowest BCUT2D eigenvalue weighted by Crippen LogP contribution is -2.14. The van der Waals surface area contributed by atoms with Crippen LogP contribution in [0.4, 0.5) is 0 Å². The van der Waals surface area contributed by atoms with E-state index in [1.807, 2.05) is 0 Å². The van der Waals surface area contributed by atoms with Crippen LogP contribution in [-0.2, 0) is 13.0 Å². The van der Waals surface area contributed by atoms with Gasteiger partial charge in [0.25, 0.3) is 0 Å². The first kappa shape index (κ1) is 14.2. The highest BCUT2D eigenvalue weighted by Crippen LogP contribution is 2.36. The number of aromatic nitrogens is 2. The molecule has 2 heterocycles. The second-order valence-electron chi connectivity index (χ2n) is 6.49. The van der Waals surface area contributed by atoms with E-state index in [4.69, 9.17) is 4.98 Å². The van der Waals surface area contributed by atoms with Crippen LogP contribution in [0.25, 0.3) is 22.5 Å². The highest BCUT2D eigenvalue weighted by molar-refractivity contribution is 5.79. The minimum Gasteiger partial charge on any atom is -0.323 e. The van der Waals surface area contributed by atoms with Crippen molar-refractivity contribution in [2.24, 2.45) is 0 Å². The highest BCUT2D eigenvalue weighted by Gasteiger charge is 2.24. The van der Waals surface area contributed by atoms with Gasteiger partial charge in [-0.2, -0.15) is 0 Å². The van der Waals surface area contributed by atoms with Crippen molar-refractivity contribution >= 4 is 0 Å². The highest BCUT2D eigenvalue weighted by atomic mass is 15.1. The molecule has 1 aromatic heterocycles. The second-order valence-corrected chi connectivity index (χ2v) is 6.49. The molecule has 0 fully saturated rings. The lowest BCUT2D eigenvalue weighted by molar-refractivity contribution is 0.706. The van der Waals surface area contributed by atoms with Crippen LogP contribution in [0.15, 0.2) is 84.9 Å². The molecule has 0 atom stereocenters. The zero-order chi connectivity index (χ0) is 16.6. The molecule has 0 radical (unpaired) electrons. The fraction of sp³-hybridized carbons (Fsp3) is 0.0870. The first-order chi connectivity index (χ1) is 12.4. The van der Waals surface area contributed by atoms with Crippen LogP contribution in [0.1, 0.15) is 17.0 Å². The van der Waals surface area contributed by atoms with E-state index in [1.54, 1.807) is 0 Å². The molecule has 0 spiro atoms. The molecule has 0 bridgehead atoms. The normalized spacial score (nSPS) is 12.5. The number of nitrogens with zero attached hydrogens (tertiary/aromatic N) is 2. The average Bonchev–Trinajstić information content (AvgIpc) is 3.06. The van der Waals surface area contributed by atoms with E-state index >= 15 is 0 Å². The van der Waals surface area contributed by atoms with Gasteiger partial charge in [0.2, 0.25) is 0 Å². The van der Waals surface area contributed by atoms with E-state index in [1.165, 1.54) is 27.9 Å². The number of imidazole rings is 1. The topological polar surface area (TPSA) is 17.8 Å². The van der Waals surface area contributed by atoms with Crippen molar-refractivity contribution in [3.8, 4) is 22.5 Å². The number of hydrogen-bond acceptors (Lipinski definition) is 1. The zero-order valence-corrected chi connectivity index (χ0v) is 13.9. The summed E-state index contributed by atoms with van der Waals surface area (Å²) in [6, 6.07) is 29.8. The van der Waals surface area contributed by atoms with E-state index < -0.39 is 0 Å². The maximum Gasteiger partial charge on any atom is 0.114 e. The van der Waals surface area contributed by atoms with Gasteiger partial charge in [0.05, 0.1) is 11.4 Å². The van der Waals surface area contributed by atoms with Gasteiger partial charge < -0.3 is 4.57 Å². The smallest absolute Gasteiger partial charge is 0.114 e. The maximum absolute atomic E-state index is 5.06. The predicted octanol–water partition coefficient (Wildman–Crippen LogP) is 5.17. The van der Waals surface area contributed by atoms with E-state index in [2.05, 4.69) is 89.5 Å². The van der Waals surface area contributed by atoms with Gasteiger partial charge >= 0.3 is 0 Å². The molecule has 5 rings (SSSR count). The van der Waals surface area contributed by atoms with Crippen molar-refractivity contribution in [3.05, 3.63) is 102 Å². The van der Waals surface area contributed by atoms with Gasteiger partial charge in [0, 0.05) is 24.1 Å². The molecule has 3 aromatic carbocycles. The third kappa shape index (κ3) is 2.38. The summed E-state index contributed by atoms with van der Waals surface area (Å²) >= 11 is 0. The molecule has 0 aliphatic carbocycles. The van der Waals surface area contributed by atoms with Gasteiger partial charge in [0.15, 0.2) is 0 Å². The molecule has 0 amide bonds. The Labute approximate surface area is 147 Å². The molecule has 2 nitrogen and oxygen atoms in total. The van der Waals surface area contributed by atoms with Gasteiger partial charge in [-0.05, 0) is 11.1 Å². The van der Waals surface area contributed by atoms with E-state index in [0.29, 0.717) is 0 Å². The molecule has 0 unspecified atom stereocenters. The first-order valence-electron chi connectivity index (χ1n) is 8.67. The van der Waals surface area contributed by atoms with Crippen molar-refractivity contribution in [2.75, 3.05) is 0 Å². The quantitative estimate of drug-likeness (QED) is 0.438. The lowest BCUT2D eigenvalue weighted by Gasteiger charge is -2.20. The van der Waals surface area contributed by atoms with Crippen LogP contribution in [0.3, 0.4) is 0 Å². The monoisotopic (exact) mass is 322 g/mol. The molecule has 1 aliphatic rings. The largest absolute Gasteiger partial charge is 0.323 e. The Hall–Kier alpha value is -3.13. The van der Waals surface area contributed by atoms with Crippen LogP contribution < -0.4 is 0 Å². The molecule has 120 valence electrons. The summed E-state index contributed by atoms with van der Waals surface area (Å²) in [6.07, 6.45) is 0.892. The first-order valence-corrected chi connectivity index (χ1v) is 8.67. The Kier molecular flexibility index (Phi) is 3.27. The zero-order valence-electron chi connectivity index (χ0n) is 13.9. The van der Waals surface area contributed by atoms with Gasteiger partial charge in [-0.15, -0.1) is 0 Å². The summed E-state index contributed by atoms with van der Waals surface area (Å²) in [5.41, 5.74) is 7.47. The summed E-state index contributed by atoms with van der Waals surface area (Å²) in [4.78, 5) is 5.06. The third-order valence-corrected chi connectivity index (χ3v) is 4.94. The standard InChI is InChI=1S/C23H18N2/c1-3-9-17(10-4-1)22-23(18-11-5-2-6-12-18)25-16-20-14-8-7-13-19(20)15-21(25)24-22/h1-14H,15-16H2. The van der Waals surface area contributed by atoms with Crippen molar-refractivity contribution in [2.45, 2.75) is 13.0 Å². The van der Waals surface area contributed by atoms with Crippen molar-refractivity contribution in [3.63, 3.8) is 0 Å². The fourth-order valence-corrected chi connectivity index (χ4v) is 3.72. The minimum atomic E-state index is 0.884. The molecule has 2 heteroatoms. The molecule has 0 saturated carbocycles. The minimum absolute atomic E-state index is 0.884. The van der Waals surface area contributed by atoms with E-state index in [0.717, 1.165) is 24.5 Å². The van der Waals surface area contributed by atoms with Crippen molar-refractivity contribution in [1.82, 2.24) is 9.55 Å². The predicted molar refractivity (Wildman–Crippen MR) is 101 cm³/mol. The Morgan fingerprint density at radius 1 is 0.640 bits per heavy atom. The Balaban J connectivity index is 1.75. The summed E-state index contributed by atoms with van der Waals surface area (Å²) < 4.78 is 2.39. The Bertz CT molecular complexity index is 1030. The van der Waals surface area contributed by atoms with Gasteiger partial charge in [-0.25, -0.2) is 4.98 Å². The van der Waals surface area contributed by atoms with Gasteiger partial charge in [-0.3, -0.25) is 0 Å². The Morgan fingerprint density at radius 2 is 1.24 bits per heavy atom. The van der Waals surface area contributed by atoms with Crippen molar-refractivity contribution < 1.29 is 0 Å². The average molecular weight is 322 g/mol. The van der Waals surface area contributed by atoms with Gasteiger partial charge in [-0.1, -0.05) is 84.9 Å². The summed E-state index contributed by atoms with van der Waals surface area (Å²) in [5, 5.41) is 0. The summed E-state index contributed by atoms with van der Waals surface area (Å²) in [5.74, 6) is 1.15. The van der Waals surface area contributed by atoms with Gasteiger partial charge in [0.1, 0.15) is 5.82 Å². The molecular weight excluding hydrogens is 304 g/mol. The SMILES string of the molecule is c1ccc(-c2nc3n(c2-c2ccccc2)Cc2ccccc2C3)cc1. The van der Waals surface area contributed by atoms with E-state index in [-0.39, 0.29) is 0 Å². The molecular formula is C23H18N2. The number of rotatable bonds is 2. The van der Waals surface area contributed by atoms with Crippen LogP contribution in [-0.4, -0.2) is 9.55 Å².